The second-order valence-corrected chi connectivity index (χ2v) is 14.9. The Morgan fingerprint density at radius 1 is 1.04 bits per heavy atom. The van der Waals surface area contributed by atoms with Crippen LogP contribution in [0.25, 0.3) is 10.3 Å². The fourth-order valence-electron chi connectivity index (χ4n) is 6.14. The van der Waals surface area contributed by atoms with Crippen molar-refractivity contribution in [3.8, 4) is 5.88 Å². The van der Waals surface area contributed by atoms with E-state index in [1.807, 2.05) is 49.3 Å². The number of nitrogens with one attached hydrogen (secondary N) is 1. The monoisotopic (exact) mass is 663 g/mol. The van der Waals surface area contributed by atoms with Gasteiger partial charge in [-0.1, -0.05) is 41.7 Å². The summed E-state index contributed by atoms with van der Waals surface area (Å²) in [6.07, 6.45) is 0.603. The zero-order valence-electron chi connectivity index (χ0n) is 26.3. The normalized spacial score (nSPS) is 17.8. The largest absolute Gasteiger partial charge is 0.481 e. The molecule has 2 aromatic heterocycles. The van der Waals surface area contributed by atoms with Gasteiger partial charge in [0, 0.05) is 63.4 Å². The summed E-state index contributed by atoms with van der Waals surface area (Å²) in [5.74, 6) is 0.399. The number of urea groups is 1. The summed E-state index contributed by atoms with van der Waals surface area (Å²) in [4.78, 5) is 41.3. The highest BCUT2D eigenvalue weighted by Crippen LogP contribution is 2.47. The highest BCUT2D eigenvalue weighted by molar-refractivity contribution is 7.89. The molecule has 1 unspecified atom stereocenters. The summed E-state index contributed by atoms with van der Waals surface area (Å²) in [6, 6.07) is 17.6. The van der Waals surface area contributed by atoms with Crippen molar-refractivity contribution in [3.63, 3.8) is 0 Å². The number of rotatable bonds is 9. The molecule has 6 rings (SSSR count). The molecule has 2 aromatic carbocycles. The van der Waals surface area contributed by atoms with E-state index < -0.39 is 21.5 Å². The van der Waals surface area contributed by atoms with E-state index in [-0.39, 0.29) is 17.3 Å². The number of likely N-dealkylation sites (tertiary alicyclic amines) is 1. The Labute approximate surface area is 272 Å². The van der Waals surface area contributed by atoms with Crippen LogP contribution in [0.4, 0.5) is 15.6 Å². The van der Waals surface area contributed by atoms with E-state index in [1.54, 1.807) is 40.1 Å². The minimum atomic E-state index is -3.92. The number of aromatic nitrogens is 2. The Kier molecular flexibility index (Phi) is 8.72. The Hall–Kier alpha value is -4.11. The van der Waals surface area contributed by atoms with Gasteiger partial charge in [0.05, 0.1) is 12.0 Å². The van der Waals surface area contributed by atoms with Crippen LogP contribution in [-0.4, -0.2) is 98.4 Å². The highest BCUT2D eigenvalue weighted by atomic mass is 32.2. The molecule has 2 aliphatic heterocycles. The maximum absolute atomic E-state index is 14.2. The van der Waals surface area contributed by atoms with Crippen molar-refractivity contribution in [1.29, 1.82) is 0 Å². The number of thiazole rings is 1. The molecule has 1 atom stereocenters. The number of hydrogen-bond donors (Lipinski definition) is 1. The summed E-state index contributed by atoms with van der Waals surface area (Å²) < 4.78 is 35.2. The first-order chi connectivity index (χ1) is 22.0. The average molecular weight is 664 g/mol. The van der Waals surface area contributed by atoms with Crippen molar-refractivity contribution >= 4 is 54.5 Å². The lowest BCUT2D eigenvalue weighted by molar-refractivity contribution is -0.127. The number of amides is 3. The number of hydrogen-bond acceptors (Lipinski definition) is 9. The van der Waals surface area contributed by atoms with E-state index in [2.05, 4.69) is 15.3 Å². The molecule has 1 fully saturated rings. The number of anilines is 2. The summed E-state index contributed by atoms with van der Waals surface area (Å²) in [5, 5.41) is 3.30. The van der Waals surface area contributed by atoms with Gasteiger partial charge in [0.15, 0.2) is 5.13 Å². The number of carbonyl (C=O) groups is 2. The van der Waals surface area contributed by atoms with Gasteiger partial charge >= 0.3 is 6.03 Å². The zero-order valence-corrected chi connectivity index (χ0v) is 27.9. The minimum Gasteiger partial charge on any atom is -0.481 e. The van der Waals surface area contributed by atoms with Crippen LogP contribution in [0.5, 0.6) is 5.88 Å². The molecule has 12 nitrogen and oxygen atoms in total. The molecule has 1 N–H and O–H groups in total. The summed E-state index contributed by atoms with van der Waals surface area (Å²) in [7, 11) is 1.44. The molecule has 0 aliphatic carbocycles. The van der Waals surface area contributed by atoms with E-state index in [0.717, 1.165) is 11.1 Å². The number of nitrogens with zero attached hydrogens (tertiary/aromatic N) is 6. The molecular weight excluding hydrogens is 627 g/mol. The van der Waals surface area contributed by atoms with Gasteiger partial charge in [-0.05, 0) is 55.9 Å². The molecule has 4 heterocycles. The number of methoxy groups -OCH3 is 1. The zero-order chi connectivity index (χ0) is 32.6. The number of pyridine rings is 1. The van der Waals surface area contributed by atoms with Gasteiger partial charge in [0.25, 0.3) is 0 Å². The molecule has 242 valence electrons. The van der Waals surface area contributed by atoms with Gasteiger partial charge in [-0.25, -0.2) is 23.2 Å². The molecule has 0 saturated carbocycles. The SMILES string of the molecule is COc1ccc2nc(NC(=O)N3CC4(CCN(C(C)=O)C4)c4cc(S(=O)(=O)N(CCN(C)C)Cc5ccccc5)ccc43)sc2n1. The van der Waals surface area contributed by atoms with Crippen LogP contribution >= 0.6 is 11.3 Å². The minimum absolute atomic E-state index is 0.0553. The van der Waals surface area contributed by atoms with Crippen LogP contribution in [-0.2, 0) is 26.8 Å². The van der Waals surface area contributed by atoms with Crippen LogP contribution in [0.15, 0.2) is 65.6 Å². The van der Waals surface area contributed by atoms with Gasteiger partial charge in [-0.15, -0.1) is 0 Å². The van der Waals surface area contributed by atoms with Crippen molar-refractivity contribution in [1.82, 2.24) is 24.1 Å². The third-order valence-corrected chi connectivity index (χ3v) is 11.3. The van der Waals surface area contributed by atoms with Gasteiger partial charge in [-0.2, -0.15) is 4.31 Å². The molecule has 1 spiro atoms. The van der Waals surface area contributed by atoms with Crippen molar-refractivity contribution < 1.29 is 22.7 Å². The molecule has 46 heavy (non-hydrogen) atoms. The van der Waals surface area contributed by atoms with E-state index in [1.165, 1.54) is 29.7 Å². The molecule has 14 heteroatoms. The van der Waals surface area contributed by atoms with Crippen molar-refractivity contribution in [2.75, 3.05) is 64.1 Å². The maximum atomic E-state index is 14.2. The lowest BCUT2D eigenvalue weighted by atomic mass is 9.81. The van der Waals surface area contributed by atoms with Crippen molar-refractivity contribution in [2.24, 2.45) is 0 Å². The molecular formula is C32H37N7O5S2. The second-order valence-electron chi connectivity index (χ2n) is 12.0. The van der Waals surface area contributed by atoms with Crippen molar-refractivity contribution in [2.45, 2.75) is 30.2 Å². The first-order valence-corrected chi connectivity index (χ1v) is 17.2. The smallest absolute Gasteiger partial charge is 0.328 e. The number of fused-ring (bicyclic) bond motifs is 3. The van der Waals surface area contributed by atoms with Crippen LogP contribution in [0.3, 0.4) is 0 Å². The Bertz CT molecular complexity index is 1880. The fraction of sp³-hybridized carbons (Fsp3) is 0.375. The molecule has 1 saturated heterocycles. The second kappa shape index (κ2) is 12.6. The number of carbonyl (C=O) groups excluding carboxylic acids is 2. The Balaban J connectivity index is 1.34. The lowest BCUT2D eigenvalue weighted by Gasteiger charge is -2.26. The number of sulfonamides is 1. The predicted molar refractivity (Wildman–Crippen MR) is 178 cm³/mol. The third-order valence-electron chi connectivity index (χ3n) is 8.62. The quantitative estimate of drug-likeness (QED) is 0.285. The molecule has 4 aromatic rings. The first kappa shape index (κ1) is 31.9. The predicted octanol–water partition coefficient (Wildman–Crippen LogP) is 3.99. The third kappa shape index (κ3) is 6.17. The van der Waals surface area contributed by atoms with Crippen LogP contribution in [0, 0.1) is 0 Å². The lowest BCUT2D eigenvalue weighted by Crippen LogP contribution is -2.41. The number of ether oxygens (including phenoxy) is 1. The molecule has 0 bridgehead atoms. The van der Waals surface area contributed by atoms with Gasteiger partial charge in [0.1, 0.15) is 10.3 Å². The maximum Gasteiger partial charge on any atom is 0.328 e. The highest BCUT2D eigenvalue weighted by Gasteiger charge is 2.50. The van der Waals surface area contributed by atoms with E-state index in [4.69, 9.17) is 4.74 Å². The molecule has 2 aliphatic rings. The van der Waals surface area contributed by atoms with Crippen LogP contribution in [0.2, 0.25) is 0 Å². The average Bonchev–Trinajstić information content (AvgIpc) is 3.74. The van der Waals surface area contributed by atoms with E-state index in [0.29, 0.717) is 66.2 Å². The Morgan fingerprint density at radius 3 is 2.52 bits per heavy atom. The number of benzene rings is 2. The summed E-state index contributed by atoms with van der Waals surface area (Å²) >= 11 is 1.24. The fourth-order valence-corrected chi connectivity index (χ4v) is 8.40. The Morgan fingerprint density at radius 2 is 1.83 bits per heavy atom. The van der Waals surface area contributed by atoms with Crippen LogP contribution in [0.1, 0.15) is 24.5 Å². The van der Waals surface area contributed by atoms with E-state index in [9.17, 15) is 18.0 Å². The molecule has 3 amide bonds. The van der Waals surface area contributed by atoms with Crippen LogP contribution < -0.4 is 15.0 Å². The number of likely N-dealkylation sites (N-methyl/N-ethyl adjacent to an activating group) is 1. The van der Waals surface area contributed by atoms with Gasteiger partial charge in [-0.3, -0.25) is 15.0 Å². The van der Waals surface area contributed by atoms with Gasteiger partial charge < -0.3 is 14.5 Å². The summed E-state index contributed by atoms with van der Waals surface area (Å²) in [5.41, 5.74) is 2.28. The topological polar surface area (TPSA) is 128 Å². The first-order valence-electron chi connectivity index (χ1n) is 15.0. The van der Waals surface area contributed by atoms with Gasteiger partial charge in [0.2, 0.25) is 21.8 Å². The van der Waals surface area contributed by atoms with Crippen molar-refractivity contribution in [3.05, 3.63) is 71.8 Å². The van der Waals surface area contributed by atoms with E-state index >= 15 is 0 Å². The molecule has 0 radical (unpaired) electrons. The summed E-state index contributed by atoms with van der Waals surface area (Å²) in [6.45, 7) is 3.83. The standard InChI is InChI=1S/C32H37N7O5S2/c1-22(40)37-15-14-32(20-37)21-39(31(41)35-30-33-26-11-13-28(44-4)34-29(26)45-30)27-12-10-24(18-25(27)32)46(42,43)38(17-16-36(2)3)19-23-8-6-5-7-9-23/h5-13,18H,14-17,19-21H2,1-4H3,(H,33,35,41).